The molecule has 0 aliphatic heterocycles. The highest BCUT2D eigenvalue weighted by Crippen LogP contribution is 2.22. The lowest BCUT2D eigenvalue weighted by atomic mass is 10.2. The Labute approximate surface area is 191 Å². The maximum atomic E-state index is 13.2. The van der Waals surface area contributed by atoms with Crippen molar-refractivity contribution in [3.8, 4) is 0 Å². The van der Waals surface area contributed by atoms with Gasteiger partial charge in [0.2, 0.25) is 5.91 Å². The molecule has 2 aromatic rings. The number of aromatic nitrogens is 5. The Hall–Kier alpha value is -2.82. The number of nitrogens with one attached hydrogen (secondary N) is 1. The number of hydrogen-bond acceptors (Lipinski definition) is 7. The van der Waals surface area contributed by atoms with Gasteiger partial charge in [0.1, 0.15) is 11.6 Å². The summed E-state index contributed by atoms with van der Waals surface area (Å²) in [5.41, 5.74) is 5.07. The Morgan fingerprint density at radius 2 is 1.91 bits per heavy atom. The predicted octanol–water partition coefficient (Wildman–Crippen LogP) is 2.32. The topological polar surface area (TPSA) is 132 Å². The lowest BCUT2D eigenvalue weighted by Gasteiger charge is -2.24. The van der Waals surface area contributed by atoms with Crippen molar-refractivity contribution in [3.63, 3.8) is 0 Å². The van der Waals surface area contributed by atoms with Crippen LogP contribution in [0.25, 0.3) is 0 Å². The van der Waals surface area contributed by atoms with Crippen molar-refractivity contribution in [1.29, 1.82) is 0 Å². The van der Waals surface area contributed by atoms with Crippen LogP contribution >= 0.6 is 11.8 Å². The number of rotatable bonds is 13. The molecular formula is C21H33N7O3S. The number of aryl methyl sites for hydroxylation is 1. The molecule has 0 saturated heterocycles. The van der Waals surface area contributed by atoms with Gasteiger partial charge in [-0.25, -0.2) is 4.79 Å². The van der Waals surface area contributed by atoms with Crippen LogP contribution in [0.4, 0.5) is 11.5 Å². The third kappa shape index (κ3) is 6.12. The third-order valence-electron chi connectivity index (χ3n) is 5.04. The van der Waals surface area contributed by atoms with Gasteiger partial charge in [-0.05, 0) is 19.8 Å². The molecule has 1 amide bonds. The lowest BCUT2D eigenvalue weighted by molar-refractivity contribution is -0.116. The molecule has 0 bridgehead atoms. The number of nitrogens with two attached hydrogens (primary N) is 1. The highest BCUT2D eigenvalue weighted by molar-refractivity contribution is 7.99. The number of allylic oxidation sites excluding steroid dienone is 1. The Bertz CT molecular complexity index is 1040. The lowest BCUT2D eigenvalue weighted by Crippen LogP contribution is -2.42. The van der Waals surface area contributed by atoms with Crippen LogP contribution in [-0.4, -0.2) is 42.5 Å². The first-order chi connectivity index (χ1) is 15.3. The molecule has 3 N–H and O–H groups in total. The zero-order chi connectivity index (χ0) is 23.7. The summed E-state index contributed by atoms with van der Waals surface area (Å²) in [7, 11) is 0. The van der Waals surface area contributed by atoms with E-state index in [9.17, 15) is 14.4 Å². The SMILES string of the molecule is C=CCn1c(C)nnc1SCC(=O)N(CCCCC)c1c(N)n(CCCC)c(=O)[nH]c1=O. The van der Waals surface area contributed by atoms with E-state index in [2.05, 4.69) is 28.7 Å². The van der Waals surface area contributed by atoms with Crippen molar-refractivity contribution in [2.75, 3.05) is 22.9 Å². The predicted molar refractivity (Wildman–Crippen MR) is 128 cm³/mol. The summed E-state index contributed by atoms with van der Waals surface area (Å²) >= 11 is 1.24. The smallest absolute Gasteiger partial charge is 0.330 e. The fourth-order valence-corrected chi connectivity index (χ4v) is 4.14. The maximum Gasteiger partial charge on any atom is 0.330 e. The summed E-state index contributed by atoms with van der Waals surface area (Å²) in [5.74, 6) is 0.514. The molecule has 2 heterocycles. The molecule has 2 aromatic heterocycles. The summed E-state index contributed by atoms with van der Waals surface area (Å²) < 4.78 is 3.19. The number of aromatic amines is 1. The van der Waals surface area contributed by atoms with Crippen molar-refractivity contribution < 1.29 is 4.79 Å². The Balaban J connectivity index is 2.35. The van der Waals surface area contributed by atoms with Gasteiger partial charge in [-0.2, -0.15) is 0 Å². The average molecular weight is 464 g/mol. The second kappa shape index (κ2) is 12.3. The van der Waals surface area contributed by atoms with Crippen LogP contribution in [0.3, 0.4) is 0 Å². The molecule has 0 radical (unpaired) electrons. The zero-order valence-corrected chi connectivity index (χ0v) is 19.9. The van der Waals surface area contributed by atoms with Gasteiger partial charge in [0.25, 0.3) is 5.56 Å². The second-order valence-electron chi connectivity index (χ2n) is 7.47. The molecule has 10 nitrogen and oxygen atoms in total. The van der Waals surface area contributed by atoms with Gasteiger partial charge in [-0.3, -0.25) is 19.1 Å². The number of amides is 1. The molecule has 2 rings (SSSR count). The molecule has 0 fully saturated rings. The molecule has 0 unspecified atom stereocenters. The number of carbonyl (C=O) groups excluding carboxylic acids is 1. The van der Waals surface area contributed by atoms with E-state index in [0.29, 0.717) is 31.2 Å². The molecule has 176 valence electrons. The fraction of sp³-hybridized carbons (Fsp3) is 0.571. The van der Waals surface area contributed by atoms with Crippen LogP contribution in [0.5, 0.6) is 0 Å². The molecular weight excluding hydrogens is 430 g/mol. The van der Waals surface area contributed by atoms with Gasteiger partial charge in [0.15, 0.2) is 10.8 Å². The number of hydrogen-bond donors (Lipinski definition) is 2. The van der Waals surface area contributed by atoms with E-state index in [0.717, 1.165) is 31.5 Å². The molecule has 11 heteroatoms. The van der Waals surface area contributed by atoms with Gasteiger partial charge < -0.3 is 15.2 Å². The summed E-state index contributed by atoms with van der Waals surface area (Å²) in [4.78, 5) is 41.9. The third-order valence-corrected chi connectivity index (χ3v) is 6.00. The Morgan fingerprint density at radius 1 is 1.19 bits per heavy atom. The van der Waals surface area contributed by atoms with Crippen molar-refractivity contribution in [1.82, 2.24) is 24.3 Å². The van der Waals surface area contributed by atoms with E-state index in [1.165, 1.54) is 21.2 Å². The first kappa shape index (κ1) is 25.4. The molecule has 0 aromatic carbocycles. The van der Waals surface area contributed by atoms with E-state index < -0.39 is 11.2 Å². The van der Waals surface area contributed by atoms with Crippen LogP contribution < -0.4 is 21.9 Å². The van der Waals surface area contributed by atoms with Crippen molar-refractivity contribution in [3.05, 3.63) is 39.3 Å². The Kier molecular flexibility index (Phi) is 9.76. The van der Waals surface area contributed by atoms with Gasteiger partial charge in [-0.15, -0.1) is 16.8 Å². The minimum Gasteiger partial charge on any atom is -0.383 e. The molecule has 0 aliphatic carbocycles. The van der Waals surface area contributed by atoms with E-state index in [-0.39, 0.29) is 23.2 Å². The zero-order valence-electron chi connectivity index (χ0n) is 19.1. The fourth-order valence-electron chi connectivity index (χ4n) is 3.27. The maximum absolute atomic E-state index is 13.2. The number of anilines is 2. The quantitative estimate of drug-likeness (QED) is 0.265. The Morgan fingerprint density at radius 3 is 2.56 bits per heavy atom. The monoisotopic (exact) mass is 463 g/mol. The number of thioether (sulfide) groups is 1. The number of unbranched alkanes of at least 4 members (excludes halogenated alkanes) is 3. The van der Waals surface area contributed by atoms with Gasteiger partial charge >= 0.3 is 5.69 Å². The van der Waals surface area contributed by atoms with Crippen LogP contribution in [0.2, 0.25) is 0 Å². The first-order valence-electron chi connectivity index (χ1n) is 10.9. The van der Waals surface area contributed by atoms with E-state index in [1.807, 2.05) is 18.4 Å². The van der Waals surface area contributed by atoms with E-state index in [1.54, 1.807) is 6.08 Å². The summed E-state index contributed by atoms with van der Waals surface area (Å²) in [6.07, 6.45) is 5.90. The van der Waals surface area contributed by atoms with Crippen LogP contribution in [0.15, 0.2) is 27.4 Å². The number of nitrogens with zero attached hydrogens (tertiary/aromatic N) is 5. The molecule has 0 saturated carbocycles. The second-order valence-corrected chi connectivity index (χ2v) is 8.41. The van der Waals surface area contributed by atoms with Crippen molar-refractivity contribution in [2.24, 2.45) is 0 Å². The molecule has 0 atom stereocenters. The average Bonchev–Trinajstić information content (AvgIpc) is 3.10. The van der Waals surface area contributed by atoms with Crippen molar-refractivity contribution >= 4 is 29.2 Å². The van der Waals surface area contributed by atoms with E-state index >= 15 is 0 Å². The highest BCUT2D eigenvalue weighted by Gasteiger charge is 2.24. The summed E-state index contributed by atoms with van der Waals surface area (Å²) in [6, 6.07) is 0. The number of nitrogen functional groups attached to an aromatic ring is 1. The van der Waals surface area contributed by atoms with Crippen LogP contribution in [-0.2, 0) is 17.9 Å². The normalized spacial score (nSPS) is 11.0. The largest absolute Gasteiger partial charge is 0.383 e. The minimum atomic E-state index is -0.652. The van der Waals surface area contributed by atoms with Crippen molar-refractivity contribution in [2.45, 2.75) is 71.1 Å². The van der Waals surface area contributed by atoms with Gasteiger partial charge in [0.05, 0.1) is 5.75 Å². The molecule has 32 heavy (non-hydrogen) atoms. The number of H-pyrrole nitrogens is 1. The summed E-state index contributed by atoms with van der Waals surface area (Å²) in [6.45, 7) is 10.9. The molecule has 0 spiro atoms. The highest BCUT2D eigenvalue weighted by atomic mass is 32.2. The number of carbonyl (C=O) groups is 1. The standard InChI is InChI=1S/C21H33N7O3S/c1-5-8-10-13-27(16(29)14-32-21-25-24-15(4)26(21)11-7-3)17-18(22)28(12-9-6-2)20(31)23-19(17)30/h7H,3,5-6,8-14,22H2,1-2,4H3,(H,23,30,31). The van der Waals surface area contributed by atoms with Gasteiger partial charge in [-0.1, -0.05) is 50.9 Å². The van der Waals surface area contributed by atoms with Crippen LogP contribution in [0.1, 0.15) is 51.8 Å². The summed E-state index contributed by atoms with van der Waals surface area (Å²) in [5, 5.41) is 8.79. The molecule has 0 aliphatic rings. The van der Waals surface area contributed by atoms with E-state index in [4.69, 9.17) is 5.73 Å². The minimum absolute atomic E-state index is 0.0210. The van der Waals surface area contributed by atoms with Crippen LogP contribution in [0, 0.1) is 6.92 Å². The van der Waals surface area contributed by atoms with Gasteiger partial charge in [0, 0.05) is 19.6 Å². The first-order valence-corrected chi connectivity index (χ1v) is 11.9.